The molecule has 0 atom stereocenters. The topological polar surface area (TPSA) is 281 Å². The van der Waals surface area contributed by atoms with E-state index in [2.05, 4.69) is 46.6 Å². The minimum absolute atomic E-state index is 0. The lowest BCUT2D eigenvalue weighted by atomic mass is 10.0. The lowest BCUT2D eigenvalue weighted by Gasteiger charge is -2.25. The standard InChI is InChI=1S/C35H34F2N4O5.C21H16ClF2N3O3.C21H16F2N4O.C13H18N2O2.2CH4.HI/c1-35(2,3)46-34(43)41-14-13-21-10-9-20(16-28(21)41)15-26-31-27(39-32(38-26)30-24(36)7-6-8-25(30)37)19-40(33(31)42)18-22-11-12-23(44-4)17-29(22)45-5;1-29-12-7-6-11(16(8-12)30-2)9-27-10-15-18(21(27)28)19(22)26-20(25-15)17-13(23)4-3-5-14(17)24;22-13-2-1-3-14(23)18(13)20-26-16(19-17(27-20)10-25-21(19)28)9-11-4-5-12-6-7-24-15(12)8-11;1-13(2,3)17-12(16)15-7-6-9-4-5-10(14)8-11(9)15;;;/h6-12,16-17H,13-15,18-19H2,1-5H3;3-8H,9-10H2,1-2H3;1-5,8,24H,6-7,9-10H2,(H,25,28);4-5,8H,6-7,14H2,1-3H3;2*1H4;1H/p-1. The maximum absolute atomic E-state index is 14.9. The lowest BCUT2D eigenvalue weighted by Crippen LogP contribution is -3.00. The number of benzene rings is 8. The fraction of sp³-hybridized carbons (Fsp3) is 0.293. The van der Waals surface area contributed by atoms with Crippen LogP contribution in [0.2, 0.25) is 5.15 Å². The Morgan fingerprint density at radius 1 is 0.468 bits per heavy atom. The van der Waals surface area contributed by atoms with Crippen LogP contribution >= 0.6 is 11.6 Å². The van der Waals surface area contributed by atoms with Crippen LogP contribution in [0, 0.1) is 34.9 Å². The molecule has 8 aromatic carbocycles. The normalized spacial score (nSPS) is 13.5. The largest absolute Gasteiger partial charge is 1.00 e. The third-order valence-corrected chi connectivity index (χ3v) is 20.8. The van der Waals surface area contributed by atoms with Crippen molar-refractivity contribution < 1.29 is 103 Å². The fourth-order valence-corrected chi connectivity index (χ4v) is 15.2. The minimum Gasteiger partial charge on any atom is -1.00 e. The number of halogens is 8. The van der Waals surface area contributed by atoms with Crippen molar-refractivity contribution in [3.05, 3.63) is 270 Å². The summed E-state index contributed by atoms with van der Waals surface area (Å²) in [6.45, 7) is 14.0. The Kier molecular flexibility index (Phi) is 28.5. The maximum Gasteiger partial charge on any atom is 0.414 e. The number of ether oxygens (including phenoxy) is 6. The molecule has 0 aliphatic carbocycles. The highest BCUT2D eigenvalue weighted by Gasteiger charge is 2.39. The Bertz CT molecular complexity index is 5900. The first-order valence-electron chi connectivity index (χ1n) is 38.7. The number of amides is 5. The van der Waals surface area contributed by atoms with E-state index in [0.29, 0.717) is 88.6 Å². The molecular formula is C92H92ClF6IN13O11-. The molecule has 0 saturated heterocycles. The zero-order valence-electron chi connectivity index (χ0n) is 68.1. The summed E-state index contributed by atoms with van der Waals surface area (Å²) in [5, 5.41) is 5.90. The Morgan fingerprint density at radius 2 is 0.887 bits per heavy atom. The van der Waals surface area contributed by atoms with Crippen LogP contribution in [0.25, 0.3) is 34.2 Å². The number of anilines is 4. The van der Waals surface area contributed by atoms with Crippen molar-refractivity contribution in [1.29, 1.82) is 0 Å². The molecule has 0 fully saturated rings. The molecule has 32 heteroatoms. The van der Waals surface area contributed by atoms with Gasteiger partial charge in [0.1, 0.15) is 79.8 Å². The molecule has 6 aliphatic rings. The molecule has 0 saturated carbocycles. The molecule has 3 aromatic heterocycles. The molecule has 17 rings (SSSR count). The molecule has 9 heterocycles. The van der Waals surface area contributed by atoms with Crippen molar-refractivity contribution in [2.75, 3.05) is 68.9 Å². The van der Waals surface area contributed by atoms with Gasteiger partial charge in [0.25, 0.3) is 17.7 Å². The van der Waals surface area contributed by atoms with E-state index in [-0.39, 0.29) is 152 Å². The molecule has 24 nitrogen and oxygen atoms in total. The van der Waals surface area contributed by atoms with Gasteiger partial charge in [0.05, 0.1) is 129 Å². The van der Waals surface area contributed by atoms with Gasteiger partial charge < -0.3 is 78.6 Å². The number of rotatable bonds is 15. The first-order chi connectivity index (χ1) is 57.8. The van der Waals surface area contributed by atoms with Crippen molar-refractivity contribution >= 4 is 64.3 Å². The summed E-state index contributed by atoms with van der Waals surface area (Å²) in [7, 11) is 6.17. The third-order valence-electron chi connectivity index (χ3n) is 20.6. The molecular weight excluding hydrogens is 1740 g/mol. The summed E-state index contributed by atoms with van der Waals surface area (Å²) in [6, 6.07) is 38.8. The average molecular weight is 1830 g/mol. The van der Waals surface area contributed by atoms with Gasteiger partial charge in [0.15, 0.2) is 17.5 Å². The maximum atomic E-state index is 14.9. The zero-order chi connectivity index (χ0) is 86.0. The van der Waals surface area contributed by atoms with Crippen molar-refractivity contribution in [3.8, 4) is 57.2 Å². The molecule has 0 bridgehead atoms. The monoisotopic (exact) mass is 1830 g/mol. The average Bonchev–Trinajstić information content (AvgIpc) is 1.40. The summed E-state index contributed by atoms with van der Waals surface area (Å²) in [5.74, 6) is -3.66. The molecule has 0 unspecified atom stereocenters. The predicted molar refractivity (Wildman–Crippen MR) is 454 cm³/mol. The van der Waals surface area contributed by atoms with Gasteiger partial charge in [0.2, 0.25) is 0 Å². The quantitative estimate of drug-likeness (QED) is 0.0372. The smallest absolute Gasteiger partial charge is 0.414 e. The number of nitrogens with one attached hydrogen (secondary N) is 2. The number of carbonyl (C=O) groups excluding carboxylic acids is 5. The van der Waals surface area contributed by atoms with Crippen LogP contribution in [-0.4, -0.2) is 129 Å². The van der Waals surface area contributed by atoms with Crippen molar-refractivity contribution in [2.45, 2.75) is 132 Å². The highest BCUT2D eigenvalue weighted by molar-refractivity contribution is 6.33. The molecule has 0 spiro atoms. The Hall–Kier alpha value is -12.7. The summed E-state index contributed by atoms with van der Waals surface area (Å²) >= 11 is 6.21. The van der Waals surface area contributed by atoms with E-state index in [1.165, 1.54) is 55.0 Å². The SMILES string of the molecule is C.C.CC(C)(C)OC(=O)N1CCc2ccc(N)cc21.COc1ccc(CN2Cc3nc(-c4c(F)cccc4F)nc(Cc4ccc5c(c4)N(C(=O)OC(C)(C)C)CC5)c3C2=O)c(OC)c1.COc1ccc(CN2Cc3nc(-c4c(F)cccc4F)nc(Cl)c3C2=O)c(OC)c1.O=C1NCc2nc(-c3c(F)cccc3F)nc(Cc3ccc4c(c3)NCC4)c21.[I-]. The number of aromatic nitrogens is 6. The van der Waals surface area contributed by atoms with Gasteiger partial charge in [-0.2, -0.15) is 0 Å². The van der Waals surface area contributed by atoms with Crippen LogP contribution in [0.4, 0.5) is 58.7 Å². The van der Waals surface area contributed by atoms with Gasteiger partial charge in [-0.15, -0.1) is 0 Å². The third kappa shape index (κ3) is 20.0. The molecule has 5 amide bonds. The van der Waals surface area contributed by atoms with Gasteiger partial charge in [-0.3, -0.25) is 24.2 Å². The number of nitrogens with two attached hydrogens (primary N) is 1. The summed E-state index contributed by atoms with van der Waals surface area (Å²) in [4.78, 5) is 96.4. The van der Waals surface area contributed by atoms with Crippen LogP contribution in [0.15, 0.2) is 146 Å². The summed E-state index contributed by atoms with van der Waals surface area (Å²) < 4.78 is 119. The molecule has 0 radical (unpaired) electrons. The van der Waals surface area contributed by atoms with Crippen LogP contribution in [0.5, 0.6) is 23.0 Å². The van der Waals surface area contributed by atoms with Gasteiger partial charge in [-0.1, -0.05) is 75.0 Å². The molecule has 4 N–H and O–H groups in total. The number of methoxy groups -OCH3 is 4. The lowest BCUT2D eigenvalue weighted by molar-refractivity contribution is -0.0000888. The number of fused-ring (bicyclic) bond motifs is 6. The van der Waals surface area contributed by atoms with Gasteiger partial charge in [-0.05, 0) is 174 Å². The number of nitrogen functional groups attached to an aromatic ring is 1. The van der Waals surface area contributed by atoms with E-state index in [0.717, 1.165) is 94.1 Å². The van der Waals surface area contributed by atoms with Crippen LogP contribution in [0.1, 0.15) is 155 Å². The number of hydrogen-bond donors (Lipinski definition) is 3. The number of hydrogen-bond acceptors (Lipinski definition) is 19. The zero-order valence-corrected chi connectivity index (χ0v) is 71.0. The summed E-state index contributed by atoms with van der Waals surface area (Å²) in [6.07, 6.45) is 2.30. The van der Waals surface area contributed by atoms with E-state index in [1.54, 1.807) is 59.3 Å². The minimum atomic E-state index is -0.810. The van der Waals surface area contributed by atoms with E-state index >= 15 is 0 Å². The predicted octanol–water partition coefficient (Wildman–Crippen LogP) is 14.8. The van der Waals surface area contributed by atoms with Gasteiger partial charge in [0, 0.05) is 67.1 Å². The van der Waals surface area contributed by atoms with E-state index in [4.69, 9.17) is 45.8 Å². The van der Waals surface area contributed by atoms with E-state index in [1.807, 2.05) is 96.1 Å². The molecule has 124 heavy (non-hydrogen) atoms. The van der Waals surface area contributed by atoms with Crippen LogP contribution in [0.3, 0.4) is 0 Å². The highest BCUT2D eigenvalue weighted by atomic mass is 127. The van der Waals surface area contributed by atoms with Crippen molar-refractivity contribution in [3.63, 3.8) is 0 Å². The molecule has 6 aliphatic heterocycles. The molecule has 648 valence electrons. The van der Waals surface area contributed by atoms with E-state index < -0.39 is 52.2 Å². The highest BCUT2D eigenvalue weighted by Crippen LogP contribution is 2.40. The van der Waals surface area contributed by atoms with Gasteiger partial charge in [-0.25, -0.2) is 65.8 Å². The fourth-order valence-electron chi connectivity index (χ4n) is 14.9. The Labute approximate surface area is 735 Å². The second-order valence-corrected chi connectivity index (χ2v) is 31.4. The number of nitrogens with zero attached hydrogens (tertiary/aromatic N) is 10. The Morgan fingerprint density at radius 3 is 1.35 bits per heavy atom. The molecule has 11 aromatic rings. The van der Waals surface area contributed by atoms with Crippen molar-refractivity contribution in [2.24, 2.45) is 0 Å². The van der Waals surface area contributed by atoms with E-state index in [9.17, 15) is 50.3 Å². The van der Waals surface area contributed by atoms with Gasteiger partial charge >= 0.3 is 12.2 Å². The summed E-state index contributed by atoms with van der Waals surface area (Å²) in [5.41, 5.74) is 16.3. The Balaban J connectivity index is 0.000000168. The first-order valence-corrected chi connectivity index (χ1v) is 39.1. The second-order valence-electron chi connectivity index (χ2n) is 31.1. The van der Waals surface area contributed by atoms with Crippen LogP contribution < -0.4 is 69.1 Å². The first kappa shape index (κ1) is 92.1. The second kappa shape index (κ2) is 38.4. The number of carbonyl (C=O) groups is 5. The van der Waals surface area contributed by atoms with Crippen LogP contribution in [-0.2, 0) is 74.3 Å². The van der Waals surface area contributed by atoms with Crippen molar-refractivity contribution in [1.82, 2.24) is 45.0 Å².